The Bertz CT molecular complexity index is 1060. The Morgan fingerprint density at radius 3 is 2.53 bits per heavy atom. The zero-order valence-corrected chi connectivity index (χ0v) is 21.6. The van der Waals surface area contributed by atoms with Crippen LogP contribution in [-0.2, 0) is 30.8 Å². The van der Waals surface area contributed by atoms with Crippen LogP contribution in [0, 0.1) is 17.8 Å². The summed E-state index contributed by atoms with van der Waals surface area (Å²) in [6, 6.07) is 17.0. The molecule has 1 aliphatic heterocycles. The number of allylic oxidation sites excluding steroid dienone is 1. The summed E-state index contributed by atoms with van der Waals surface area (Å²) < 4.78 is 19.0. The van der Waals surface area contributed by atoms with Crippen LogP contribution in [0.5, 0.6) is 0 Å². The third kappa shape index (κ3) is 3.77. The fourth-order valence-corrected chi connectivity index (χ4v) is 7.32. The average molecular weight is 525 g/mol. The van der Waals surface area contributed by atoms with Crippen LogP contribution in [0.3, 0.4) is 0 Å². The number of rotatable bonds is 7. The van der Waals surface area contributed by atoms with E-state index in [1.165, 1.54) is 23.8 Å². The molecule has 4 nitrogen and oxygen atoms in total. The van der Waals surface area contributed by atoms with Gasteiger partial charge >= 0.3 is 5.97 Å². The van der Waals surface area contributed by atoms with Crippen molar-refractivity contribution in [3.8, 4) is 0 Å². The second kappa shape index (κ2) is 9.25. The van der Waals surface area contributed by atoms with E-state index in [1.54, 1.807) is 0 Å². The molecule has 0 bridgehead atoms. The van der Waals surface area contributed by atoms with Gasteiger partial charge in [0.15, 0.2) is 5.79 Å². The SMILES string of the molecule is C=C[C@@H]1CCC(C2(C)OCCO2)[C@]1(CC(C(=O)OC)C1Cc2ccccc21)c1ccc(Br)cc1. The van der Waals surface area contributed by atoms with Crippen LogP contribution in [0.25, 0.3) is 0 Å². The fraction of sp³-hybridized carbons (Fsp3) is 0.483. The van der Waals surface area contributed by atoms with E-state index >= 15 is 0 Å². The molecule has 1 saturated carbocycles. The normalized spacial score (nSPS) is 30.3. The summed E-state index contributed by atoms with van der Waals surface area (Å²) in [6.07, 6.45) is 5.60. The van der Waals surface area contributed by atoms with Gasteiger partial charge in [-0.1, -0.05) is 58.4 Å². The van der Waals surface area contributed by atoms with Crippen molar-refractivity contribution in [2.24, 2.45) is 17.8 Å². The van der Waals surface area contributed by atoms with Gasteiger partial charge in [-0.15, -0.1) is 6.58 Å². The van der Waals surface area contributed by atoms with E-state index in [0.29, 0.717) is 19.6 Å². The zero-order chi connectivity index (χ0) is 23.9. The zero-order valence-electron chi connectivity index (χ0n) is 20.0. The maximum absolute atomic E-state index is 13.4. The molecule has 1 heterocycles. The van der Waals surface area contributed by atoms with E-state index in [9.17, 15) is 4.79 Å². The second-order valence-corrected chi connectivity index (χ2v) is 11.0. The smallest absolute Gasteiger partial charge is 0.309 e. The summed E-state index contributed by atoms with van der Waals surface area (Å²) in [5.41, 5.74) is 3.46. The van der Waals surface area contributed by atoms with Gasteiger partial charge in [-0.2, -0.15) is 0 Å². The van der Waals surface area contributed by atoms with Crippen LogP contribution < -0.4 is 0 Å². The number of benzene rings is 2. The Morgan fingerprint density at radius 1 is 1.18 bits per heavy atom. The fourth-order valence-electron chi connectivity index (χ4n) is 7.06. The molecule has 0 amide bonds. The van der Waals surface area contributed by atoms with Crippen molar-refractivity contribution < 1.29 is 19.0 Å². The van der Waals surface area contributed by atoms with E-state index in [0.717, 1.165) is 23.7 Å². The van der Waals surface area contributed by atoms with Crippen molar-refractivity contribution in [2.75, 3.05) is 20.3 Å². The van der Waals surface area contributed by atoms with Gasteiger partial charge in [-0.25, -0.2) is 0 Å². The molecule has 5 rings (SSSR count). The van der Waals surface area contributed by atoms with Gasteiger partial charge in [0, 0.05) is 21.7 Å². The summed E-state index contributed by atoms with van der Waals surface area (Å²) in [5.74, 6) is -0.636. The Labute approximate surface area is 210 Å². The molecule has 2 aliphatic carbocycles. The van der Waals surface area contributed by atoms with Crippen LogP contribution in [0.4, 0.5) is 0 Å². The molecule has 2 fully saturated rings. The maximum Gasteiger partial charge on any atom is 0.309 e. The molecule has 0 radical (unpaired) electrons. The quantitative estimate of drug-likeness (QED) is 0.320. The predicted octanol–water partition coefficient (Wildman–Crippen LogP) is 6.18. The molecule has 1 saturated heterocycles. The monoisotopic (exact) mass is 524 g/mol. The first-order valence-electron chi connectivity index (χ1n) is 12.2. The third-order valence-corrected chi connectivity index (χ3v) is 9.18. The Balaban J connectivity index is 1.63. The molecular weight excluding hydrogens is 492 g/mol. The van der Waals surface area contributed by atoms with E-state index < -0.39 is 5.79 Å². The van der Waals surface area contributed by atoms with Gasteiger partial charge in [0.25, 0.3) is 0 Å². The highest BCUT2D eigenvalue weighted by molar-refractivity contribution is 9.10. The van der Waals surface area contributed by atoms with E-state index in [1.807, 2.05) is 0 Å². The van der Waals surface area contributed by atoms with Gasteiger partial charge in [-0.05, 0) is 67.3 Å². The van der Waals surface area contributed by atoms with Crippen LogP contribution in [0.15, 0.2) is 65.7 Å². The van der Waals surface area contributed by atoms with Gasteiger partial charge in [0.1, 0.15) is 0 Å². The summed E-state index contributed by atoms with van der Waals surface area (Å²) >= 11 is 3.60. The average Bonchev–Trinajstić information content (AvgIpc) is 3.44. The Kier molecular flexibility index (Phi) is 6.47. The molecule has 3 aliphatic rings. The highest BCUT2D eigenvalue weighted by Gasteiger charge is 2.60. The Hall–Kier alpha value is -1.95. The molecule has 5 heteroatoms. The molecule has 5 atom stereocenters. The lowest BCUT2D eigenvalue weighted by Crippen LogP contribution is -2.51. The number of halogens is 1. The highest BCUT2D eigenvalue weighted by Crippen LogP contribution is 2.60. The number of fused-ring (bicyclic) bond motifs is 1. The summed E-state index contributed by atoms with van der Waals surface area (Å²) in [4.78, 5) is 13.4. The number of methoxy groups -OCH3 is 1. The minimum atomic E-state index is -0.691. The molecule has 2 aromatic carbocycles. The number of ether oxygens (including phenoxy) is 3. The molecule has 2 aromatic rings. The lowest BCUT2D eigenvalue weighted by molar-refractivity contribution is -0.198. The van der Waals surface area contributed by atoms with Crippen molar-refractivity contribution in [3.05, 3.63) is 82.3 Å². The van der Waals surface area contributed by atoms with E-state index in [2.05, 4.69) is 84.0 Å². The molecule has 180 valence electrons. The molecule has 34 heavy (non-hydrogen) atoms. The van der Waals surface area contributed by atoms with Crippen molar-refractivity contribution in [3.63, 3.8) is 0 Å². The second-order valence-electron chi connectivity index (χ2n) is 10.1. The number of hydrogen-bond donors (Lipinski definition) is 0. The summed E-state index contributed by atoms with van der Waals surface area (Å²) in [6.45, 7) is 7.52. The minimum absolute atomic E-state index is 0.0918. The maximum atomic E-state index is 13.4. The number of carbonyl (C=O) groups is 1. The molecule has 0 spiro atoms. The lowest BCUT2D eigenvalue weighted by atomic mass is 9.57. The Morgan fingerprint density at radius 2 is 1.88 bits per heavy atom. The van der Waals surface area contributed by atoms with Crippen LogP contribution >= 0.6 is 15.9 Å². The largest absolute Gasteiger partial charge is 0.469 e. The van der Waals surface area contributed by atoms with Gasteiger partial charge in [0.2, 0.25) is 0 Å². The number of hydrogen-bond acceptors (Lipinski definition) is 4. The third-order valence-electron chi connectivity index (χ3n) is 8.65. The standard InChI is InChI=1S/C29H33BrO4/c1-4-20-11-14-26(28(2)33-15-16-34-28)29(20,21-9-12-22(30)13-10-21)18-25(27(31)32-3)24-17-19-7-5-6-8-23(19)24/h4-10,12-13,20,24-26H,1,11,14-18H2,2-3H3/t20-,24?,25?,26?,29+/m1/s1. The highest BCUT2D eigenvalue weighted by atomic mass is 79.9. The topological polar surface area (TPSA) is 44.8 Å². The number of carbonyl (C=O) groups excluding carboxylic acids is 1. The molecular formula is C29H33BrO4. The molecule has 0 aromatic heterocycles. The predicted molar refractivity (Wildman–Crippen MR) is 136 cm³/mol. The van der Waals surface area contributed by atoms with Crippen molar-refractivity contribution in [1.29, 1.82) is 0 Å². The van der Waals surface area contributed by atoms with Crippen molar-refractivity contribution in [2.45, 2.75) is 49.7 Å². The number of esters is 1. The van der Waals surface area contributed by atoms with Crippen LogP contribution in [0.1, 0.15) is 48.8 Å². The van der Waals surface area contributed by atoms with E-state index in [-0.39, 0.29) is 35.1 Å². The first kappa shape index (κ1) is 23.8. The first-order valence-corrected chi connectivity index (χ1v) is 13.0. The first-order chi connectivity index (χ1) is 16.4. The minimum Gasteiger partial charge on any atom is -0.469 e. The van der Waals surface area contributed by atoms with Gasteiger partial charge in [-0.3, -0.25) is 4.79 Å². The van der Waals surface area contributed by atoms with Crippen LogP contribution in [0.2, 0.25) is 0 Å². The lowest BCUT2D eigenvalue weighted by Gasteiger charge is -2.48. The molecule has 3 unspecified atom stereocenters. The van der Waals surface area contributed by atoms with Gasteiger partial charge < -0.3 is 14.2 Å². The van der Waals surface area contributed by atoms with Crippen molar-refractivity contribution in [1.82, 2.24) is 0 Å². The summed E-state index contributed by atoms with van der Waals surface area (Å²) in [5, 5.41) is 0. The van der Waals surface area contributed by atoms with Crippen molar-refractivity contribution >= 4 is 21.9 Å². The molecule has 0 N–H and O–H groups in total. The van der Waals surface area contributed by atoms with Crippen LogP contribution in [-0.4, -0.2) is 32.1 Å². The summed E-state index contributed by atoms with van der Waals surface area (Å²) in [7, 11) is 1.51. The van der Waals surface area contributed by atoms with Gasteiger partial charge in [0.05, 0.1) is 26.2 Å². The van der Waals surface area contributed by atoms with E-state index in [4.69, 9.17) is 14.2 Å².